The van der Waals surface area contributed by atoms with Gasteiger partial charge in [0.15, 0.2) is 5.11 Å². The highest BCUT2D eigenvalue weighted by Gasteiger charge is 2.37. The third kappa shape index (κ3) is 3.06. The number of thiocarbonyl (C=S) groups is 1. The summed E-state index contributed by atoms with van der Waals surface area (Å²) in [5, 5.41) is 3.11. The minimum Gasteiger partial charge on any atom is -0.466 e. The fraction of sp³-hybridized carbons (Fsp3) is 0.158. The lowest BCUT2D eigenvalue weighted by atomic mass is 9.94. The number of carbonyl (C=O) groups excluding carboxylic acids is 1. The molecule has 4 nitrogen and oxygen atoms in total. The van der Waals surface area contributed by atoms with Gasteiger partial charge in [0.05, 0.1) is 24.3 Å². The van der Waals surface area contributed by atoms with Crippen LogP contribution in [0.1, 0.15) is 18.5 Å². The van der Waals surface area contributed by atoms with Crippen molar-refractivity contribution in [3.8, 4) is 0 Å². The number of anilines is 1. The van der Waals surface area contributed by atoms with Crippen LogP contribution in [0, 0.1) is 11.6 Å². The van der Waals surface area contributed by atoms with Crippen molar-refractivity contribution in [2.45, 2.75) is 13.0 Å². The van der Waals surface area contributed by atoms with E-state index in [2.05, 4.69) is 5.32 Å². The Morgan fingerprint density at radius 1 is 1.12 bits per heavy atom. The van der Waals surface area contributed by atoms with Gasteiger partial charge in [-0.3, -0.25) is 4.90 Å². The second-order valence-corrected chi connectivity index (χ2v) is 6.07. The molecule has 3 rings (SSSR count). The number of para-hydroxylation sites is 1. The molecular weight excluding hydrogens is 358 g/mol. The fourth-order valence-corrected chi connectivity index (χ4v) is 3.37. The Morgan fingerprint density at radius 3 is 2.31 bits per heavy atom. The highest BCUT2D eigenvalue weighted by molar-refractivity contribution is 7.80. The SMILES string of the molecule is COC(=O)C1=C(C)N(c2ccccc2)C(=S)N[C@@H]1c1c(F)cccc1F. The van der Waals surface area contributed by atoms with Crippen molar-refractivity contribution in [3.05, 3.63) is 77.0 Å². The Balaban J connectivity index is 2.20. The molecule has 7 heteroatoms. The van der Waals surface area contributed by atoms with Crippen LogP contribution in [0.2, 0.25) is 0 Å². The number of ether oxygens (including phenoxy) is 1. The number of rotatable bonds is 3. The summed E-state index contributed by atoms with van der Waals surface area (Å²) < 4.78 is 33.5. The number of nitrogens with one attached hydrogen (secondary N) is 1. The number of methoxy groups -OCH3 is 1. The monoisotopic (exact) mass is 374 g/mol. The first-order chi connectivity index (χ1) is 12.5. The van der Waals surface area contributed by atoms with Crippen molar-refractivity contribution in [3.63, 3.8) is 0 Å². The van der Waals surface area contributed by atoms with E-state index in [1.165, 1.54) is 13.2 Å². The molecule has 2 aromatic rings. The molecule has 1 atom stereocenters. The molecule has 0 aliphatic carbocycles. The smallest absolute Gasteiger partial charge is 0.337 e. The largest absolute Gasteiger partial charge is 0.466 e. The lowest BCUT2D eigenvalue weighted by Gasteiger charge is -2.37. The van der Waals surface area contributed by atoms with Gasteiger partial charge < -0.3 is 10.1 Å². The maximum absolute atomic E-state index is 14.3. The Hall–Kier alpha value is -2.80. The number of hydrogen-bond donors (Lipinski definition) is 1. The zero-order valence-electron chi connectivity index (χ0n) is 14.1. The molecule has 0 spiro atoms. The Morgan fingerprint density at radius 2 is 1.73 bits per heavy atom. The average molecular weight is 374 g/mol. The molecule has 0 saturated heterocycles. The zero-order chi connectivity index (χ0) is 18.8. The van der Waals surface area contributed by atoms with Crippen molar-refractivity contribution in [1.82, 2.24) is 5.32 Å². The summed E-state index contributed by atoms with van der Waals surface area (Å²) in [6, 6.07) is 11.6. The van der Waals surface area contributed by atoms with Crippen molar-refractivity contribution in [2.24, 2.45) is 0 Å². The van der Waals surface area contributed by atoms with Gasteiger partial charge in [0.2, 0.25) is 0 Å². The first-order valence-corrected chi connectivity index (χ1v) is 8.25. The third-order valence-corrected chi connectivity index (χ3v) is 4.49. The summed E-state index contributed by atoms with van der Waals surface area (Å²) in [5.41, 5.74) is 0.979. The van der Waals surface area contributed by atoms with Crippen molar-refractivity contribution in [2.75, 3.05) is 12.0 Å². The summed E-state index contributed by atoms with van der Waals surface area (Å²) >= 11 is 5.41. The van der Waals surface area contributed by atoms with E-state index in [9.17, 15) is 13.6 Å². The molecular formula is C19H16F2N2O2S. The standard InChI is InChI=1S/C19H16F2N2O2S/c1-11-15(18(24)25-2)17(16-13(20)9-6-10-14(16)21)22-19(26)23(11)12-7-4-3-5-8-12/h3-10,17H,1-2H3,(H,22,26)/t17-/m0/s1. The van der Waals surface area contributed by atoms with Gasteiger partial charge in [0, 0.05) is 11.4 Å². The lowest BCUT2D eigenvalue weighted by molar-refractivity contribution is -0.136. The number of hydrogen-bond acceptors (Lipinski definition) is 3. The minimum absolute atomic E-state index is 0.0916. The van der Waals surface area contributed by atoms with E-state index in [4.69, 9.17) is 17.0 Å². The van der Waals surface area contributed by atoms with Gasteiger partial charge in [-0.25, -0.2) is 13.6 Å². The molecule has 0 unspecified atom stereocenters. The predicted octanol–water partition coefficient (Wildman–Crippen LogP) is 3.85. The molecule has 0 saturated carbocycles. The number of allylic oxidation sites excluding steroid dienone is 1. The molecule has 1 heterocycles. The molecule has 0 bridgehead atoms. The molecule has 1 aliphatic rings. The highest BCUT2D eigenvalue weighted by Crippen LogP contribution is 2.35. The van der Waals surface area contributed by atoms with Gasteiger partial charge in [-0.1, -0.05) is 24.3 Å². The third-order valence-electron chi connectivity index (χ3n) is 4.19. The molecule has 1 aliphatic heterocycles. The molecule has 26 heavy (non-hydrogen) atoms. The highest BCUT2D eigenvalue weighted by atomic mass is 32.1. The maximum atomic E-state index is 14.3. The average Bonchev–Trinajstić information content (AvgIpc) is 2.62. The van der Waals surface area contributed by atoms with Crippen LogP contribution in [0.25, 0.3) is 0 Å². The predicted molar refractivity (Wildman–Crippen MR) is 98.5 cm³/mol. The van der Waals surface area contributed by atoms with Gasteiger partial charge in [-0.15, -0.1) is 0 Å². The van der Waals surface area contributed by atoms with Crippen molar-refractivity contribution < 1.29 is 18.3 Å². The number of esters is 1. The number of halogens is 2. The summed E-state index contributed by atoms with van der Waals surface area (Å²) in [4.78, 5) is 14.1. The summed E-state index contributed by atoms with van der Waals surface area (Å²) in [5.74, 6) is -2.23. The lowest BCUT2D eigenvalue weighted by Crippen LogP contribution is -2.48. The number of benzene rings is 2. The zero-order valence-corrected chi connectivity index (χ0v) is 14.9. The van der Waals surface area contributed by atoms with Crippen molar-refractivity contribution in [1.29, 1.82) is 0 Å². The summed E-state index contributed by atoms with van der Waals surface area (Å²) in [7, 11) is 1.22. The molecule has 2 aromatic carbocycles. The summed E-state index contributed by atoms with van der Waals surface area (Å²) in [6.07, 6.45) is 0. The van der Waals surface area contributed by atoms with Gasteiger partial charge >= 0.3 is 5.97 Å². The van der Waals surface area contributed by atoms with Crippen LogP contribution in [0.4, 0.5) is 14.5 Å². The van der Waals surface area contributed by atoms with E-state index < -0.39 is 23.6 Å². The van der Waals surface area contributed by atoms with Crippen LogP contribution in [-0.2, 0) is 9.53 Å². The molecule has 0 aromatic heterocycles. The Kier molecular flexibility index (Phi) is 4.99. The minimum atomic E-state index is -1.09. The Bertz CT molecular complexity index is 879. The second kappa shape index (κ2) is 7.21. The van der Waals surface area contributed by atoms with Crippen molar-refractivity contribution >= 4 is 29.0 Å². The van der Waals surface area contributed by atoms with Crippen LogP contribution < -0.4 is 10.2 Å². The normalized spacial score (nSPS) is 17.2. The van der Waals surface area contributed by atoms with Crippen LogP contribution in [-0.4, -0.2) is 18.2 Å². The second-order valence-electron chi connectivity index (χ2n) is 5.68. The first kappa shape index (κ1) is 18.0. The fourth-order valence-electron chi connectivity index (χ4n) is 3.01. The van der Waals surface area contributed by atoms with Crippen LogP contribution in [0.5, 0.6) is 0 Å². The van der Waals surface area contributed by atoms with Crippen LogP contribution in [0.15, 0.2) is 59.8 Å². The van der Waals surface area contributed by atoms with Gasteiger partial charge in [0.25, 0.3) is 0 Å². The van der Waals surface area contributed by atoms with E-state index in [1.54, 1.807) is 11.8 Å². The van der Waals surface area contributed by atoms with Crippen LogP contribution in [0.3, 0.4) is 0 Å². The topological polar surface area (TPSA) is 41.6 Å². The van der Waals surface area contributed by atoms with E-state index in [-0.39, 0.29) is 16.2 Å². The number of carbonyl (C=O) groups is 1. The van der Waals surface area contributed by atoms with Gasteiger partial charge in [-0.2, -0.15) is 0 Å². The Labute approximate surface area is 155 Å². The first-order valence-electron chi connectivity index (χ1n) is 7.84. The van der Waals surface area contributed by atoms with E-state index in [1.807, 2.05) is 30.3 Å². The molecule has 0 amide bonds. The van der Waals surface area contributed by atoms with E-state index in [0.29, 0.717) is 5.70 Å². The molecule has 134 valence electrons. The van der Waals surface area contributed by atoms with E-state index >= 15 is 0 Å². The van der Waals surface area contributed by atoms with Crippen LogP contribution >= 0.6 is 12.2 Å². The summed E-state index contributed by atoms with van der Waals surface area (Å²) in [6.45, 7) is 1.66. The molecule has 0 radical (unpaired) electrons. The van der Waals surface area contributed by atoms with Gasteiger partial charge in [-0.05, 0) is 43.4 Å². The quantitative estimate of drug-likeness (QED) is 0.653. The molecule has 1 N–H and O–H groups in total. The van der Waals surface area contributed by atoms with E-state index in [0.717, 1.165) is 17.8 Å². The molecule has 0 fully saturated rings. The maximum Gasteiger partial charge on any atom is 0.337 e. The number of nitrogens with zero attached hydrogens (tertiary/aromatic N) is 1. The van der Waals surface area contributed by atoms with Gasteiger partial charge in [0.1, 0.15) is 11.6 Å².